The fourth-order valence-electron chi connectivity index (χ4n) is 2.32. The van der Waals surface area contributed by atoms with Crippen molar-refractivity contribution < 1.29 is 13.2 Å². The molecular formula is C18H23N3O3S. The molecule has 0 spiro atoms. The number of para-hydroxylation sites is 1. The molecule has 0 heterocycles. The Morgan fingerprint density at radius 3 is 2.16 bits per heavy atom. The minimum Gasteiger partial charge on any atom is -0.325 e. The van der Waals surface area contributed by atoms with E-state index in [9.17, 15) is 13.2 Å². The minimum atomic E-state index is -3.68. The maximum Gasteiger partial charge on any atom is 0.321 e. The van der Waals surface area contributed by atoms with E-state index in [1.165, 1.54) is 12.1 Å². The summed E-state index contributed by atoms with van der Waals surface area (Å²) in [5, 5.41) is 2.75. The van der Waals surface area contributed by atoms with Gasteiger partial charge in [0.15, 0.2) is 0 Å². The van der Waals surface area contributed by atoms with E-state index in [0.29, 0.717) is 24.5 Å². The molecular weight excluding hydrogens is 338 g/mol. The van der Waals surface area contributed by atoms with Gasteiger partial charge in [-0.1, -0.05) is 18.2 Å². The van der Waals surface area contributed by atoms with Crippen molar-refractivity contribution in [2.24, 2.45) is 0 Å². The molecule has 7 heteroatoms. The molecule has 0 saturated carbocycles. The Hall–Kier alpha value is -2.54. The predicted molar refractivity (Wildman–Crippen MR) is 100 cm³/mol. The number of sulfonamides is 1. The van der Waals surface area contributed by atoms with Crippen LogP contribution < -0.4 is 10.0 Å². The standard InChI is InChI=1S/C18H23N3O3S/c1-4-21(5-2)18(22)19-15-10-12-16(13-11-15)25(23,24)20-17-9-7-6-8-14(17)3/h6-13,20H,4-5H2,1-3H3,(H,19,22). The van der Waals surface area contributed by atoms with Crippen molar-refractivity contribution in [2.45, 2.75) is 25.7 Å². The summed E-state index contributed by atoms with van der Waals surface area (Å²) in [5.41, 5.74) is 1.93. The van der Waals surface area contributed by atoms with E-state index >= 15 is 0 Å². The number of carbonyl (C=O) groups is 1. The smallest absolute Gasteiger partial charge is 0.321 e. The first-order chi connectivity index (χ1) is 11.9. The number of hydrogen-bond donors (Lipinski definition) is 2. The number of nitrogens with one attached hydrogen (secondary N) is 2. The molecule has 2 aromatic carbocycles. The number of amides is 2. The van der Waals surface area contributed by atoms with Crippen LogP contribution >= 0.6 is 0 Å². The van der Waals surface area contributed by atoms with E-state index in [1.54, 1.807) is 29.2 Å². The highest BCUT2D eigenvalue weighted by Gasteiger charge is 2.16. The Morgan fingerprint density at radius 2 is 1.60 bits per heavy atom. The van der Waals surface area contributed by atoms with Crippen LogP contribution in [-0.2, 0) is 10.0 Å². The van der Waals surface area contributed by atoms with Gasteiger partial charge in [-0.3, -0.25) is 4.72 Å². The van der Waals surface area contributed by atoms with Crippen molar-refractivity contribution in [1.82, 2.24) is 4.90 Å². The third-order valence-corrected chi connectivity index (χ3v) is 5.24. The van der Waals surface area contributed by atoms with Crippen LogP contribution in [0.3, 0.4) is 0 Å². The van der Waals surface area contributed by atoms with E-state index < -0.39 is 10.0 Å². The molecule has 134 valence electrons. The first-order valence-electron chi connectivity index (χ1n) is 8.11. The van der Waals surface area contributed by atoms with Gasteiger partial charge in [0, 0.05) is 18.8 Å². The average Bonchev–Trinajstić information content (AvgIpc) is 2.58. The average molecular weight is 361 g/mol. The maximum absolute atomic E-state index is 12.5. The van der Waals surface area contributed by atoms with Gasteiger partial charge < -0.3 is 10.2 Å². The van der Waals surface area contributed by atoms with Crippen molar-refractivity contribution in [2.75, 3.05) is 23.1 Å². The van der Waals surface area contributed by atoms with Gasteiger partial charge in [0.05, 0.1) is 10.6 Å². The molecule has 0 aliphatic rings. The molecule has 25 heavy (non-hydrogen) atoms. The summed E-state index contributed by atoms with van der Waals surface area (Å²) < 4.78 is 27.5. The van der Waals surface area contributed by atoms with Crippen molar-refractivity contribution in [3.63, 3.8) is 0 Å². The molecule has 2 aromatic rings. The Bertz CT molecular complexity index is 829. The number of rotatable bonds is 6. The van der Waals surface area contributed by atoms with Crippen LogP contribution in [0.25, 0.3) is 0 Å². The van der Waals surface area contributed by atoms with Crippen LogP contribution in [0.1, 0.15) is 19.4 Å². The Morgan fingerprint density at radius 1 is 1.00 bits per heavy atom. The zero-order valence-electron chi connectivity index (χ0n) is 14.6. The second-order valence-electron chi connectivity index (χ2n) is 5.55. The molecule has 0 aliphatic carbocycles. The lowest BCUT2D eigenvalue weighted by atomic mass is 10.2. The largest absolute Gasteiger partial charge is 0.325 e. The second-order valence-corrected chi connectivity index (χ2v) is 7.23. The SMILES string of the molecule is CCN(CC)C(=O)Nc1ccc(S(=O)(=O)Nc2ccccc2C)cc1. The zero-order chi connectivity index (χ0) is 18.4. The van der Waals surface area contributed by atoms with E-state index in [4.69, 9.17) is 0 Å². The monoisotopic (exact) mass is 361 g/mol. The molecule has 0 aliphatic heterocycles. The van der Waals surface area contributed by atoms with Crippen LogP contribution in [-0.4, -0.2) is 32.4 Å². The maximum atomic E-state index is 12.5. The van der Waals surface area contributed by atoms with Crippen LogP contribution in [0, 0.1) is 6.92 Å². The number of carbonyl (C=O) groups excluding carboxylic acids is 1. The summed E-state index contributed by atoms with van der Waals surface area (Å²) in [4.78, 5) is 13.8. The first-order valence-corrected chi connectivity index (χ1v) is 9.60. The number of aryl methyl sites for hydroxylation is 1. The van der Waals surface area contributed by atoms with Crippen molar-refractivity contribution >= 4 is 27.4 Å². The van der Waals surface area contributed by atoms with Gasteiger partial charge in [-0.15, -0.1) is 0 Å². The Kier molecular flexibility index (Phi) is 6.03. The summed E-state index contributed by atoms with van der Waals surface area (Å²) >= 11 is 0. The first kappa shape index (κ1) is 18.8. The number of benzene rings is 2. The Balaban J connectivity index is 2.13. The number of nitrogens with zero attached hydrogens (tertiary/aromatic N) is 1. The van der Waals surface area contributed by atoms with Crippen molar-refractivity contribution in [3.8, 4) is 0 Å². The molecule has 6 nitrogen and oxygen atoms in total. The highest BCUT2D eigenvalue weighted by atomic mass is 32.2. The third kappa shape index (κ3) is 4.73. The van der Waals surface area contributed by atoms with Crippen molar-refractivity contribution in [3.05, 3.63) is 54.1 Å². The van der Waals surface area contributed by atoms with Gasteiger partial charge in [0.2, 0.25) is 0 Å². The second kappa shape index (κ2) is 8.02. The molecule has 0 unspecified atom stereocenters. The fourth-order valence-corrected chi connectivity index (χ4v) is 3.45. The lowest BCUT2D eigenvalue weighted by Gasteiger charge is -2.19. The highest BCUT2D eigenvalue weighted by Crippen LogP contribution is 2.20. The van der Waals surface area contributed by atoms with Gasteiger partial charge in [-0.25, -0.2) is 13.2 Å². The molecule has 0 atom stereocenters. The van der Waals surface area contributed by atoms with Crippen LogP contribution in [0.4, 0.5) is 16.2 Å². The third-order valence-electron chi connectivity index (χ3n) is 3.86. The summed E-state index contributed by atoms with van der Waals surface area (Å²) in [6.45, 7) is 6.85. The molecule has 0 bridgehead atoms. The highest BCUT2D eigenvalue weighted by molar-refractivity contribution is 7.92. The predicted octanol–water partition coefficient (Wildman–Crippen LogP) is 3.67. The molecule has 0 saturated heterocycles. The normalized spacial score (nSPS) is 11.0. The Labute approximate surface area is 148 Å². The van der Waals surface area contributed by atoms with Gasteiger partial charge in [-0.2, -0.15) is 0 Å². The van der Waals surface area contributed by atoms with Gasteiger partial charge in [0.25, 0.3) is 10.0 Å². The summed E-state index contributed by atoms with van der Waals surface area (Å²) in [6.07, 6.45) is 0. The van der Waals surface area contributed by atoms with E-state index in [1.807, 2.05) is 32.9 Å². The number of urea groups is 1. The van der Waals surface area contributed by atoms with Gasteiger partial charge in [-0.05, 0) is 56.7 Å². The summed E-state index contributed by atoms with van der Waals surface area (Å²) in [6, 6.07) is 13.1. The van der Waals surface area contributed by atoms with E-state index in [-0.39, 0.29) is 10.9 Å². The lowest BCUT2D eigenvalue weighted by molar-refractivity contribution is 0.217. The lowest BCUT2D eigenvalue weighted by Crippen LogP contribution is -2.34. The van der Waals surface area contributed by atoms with Crippen LogP contribution in [0.15, 0.2) is 53.4 Å². The summed E-state index contributed by atoms with van der Waals surface area (Å²) in [7, 11) is -3.68. The summed E-state index contributed by atoms with van der Waals surface area (Å²) in [5.74, 6) is 0. The van der Waals surface area contributed by atoms with Gasteiger partial charge in [0.1, 0.15) is 0 Å². The molecule has 2 rings (SSSR count). The minimum absolute atomic E-state index is 0.136. The zero-order valence-corrected chi connectivity index (χ0v) is 15.4. The number of anilines is 2. The molecule has 2 amide bonds. The fraction of sp³-hybridized carbons (Fsp3) is 0.278. The van der Waals surface area contributed by atoms with Crippen LogP contribution in [0.5, 0.6) is 0 Å². The van der Waals surface area contributed by atoms with E-state index in [2.05, 4.69) is 10.0 Å². The van der Waals surface area contributed by atoms with Gasteiger partial charge >= 0.3 is 6.03 Å². The van der Waals surface area contributed by atoms with Crippen molar-refractivity contribution in [1.29, 1.82) is 0 Å². The quantitative estimate of drug-likeness (QED) is 0.824. The molecule has 2 N–H and O–H groups in total. The molecule has 0 fully saturated rings. The van der Waals surface area contributed by atoms with Crippen LogP contribution in [0.2, 0.25) is 0 Å². The molecule has 0 aromatic heterocycles. The number of hydrogen-bond acceptors (Lipinski definition) is 3. The van der Waals surface area contributed by atoms with E-state index in [0.717, 1.165) is 5.56 Å². The topological polar surface area (TPSA) is 78.5 Å². The molecule has 0 radical (unpaired) electrons.